The van der Waals surface area contributed by atoms with E-state index in [0.717, 1.165) is 24.4 Å². The Morgan fingerprint density at radius 1 is 1.39 bits per heavy atom. The molecule has 0 amide bonds. The van der Waals surface area contributed by atoms with Crippen LogP contribution in [-0.2, 0) is 11.3 Å². The third kappa shape index (κ3) is 2.49. The second kappa shape index (κ2) is 5.71. The number of rotatable bonds is 3. The first-order valence-corrected chi connectivity index (χ1v) is 8.17. The van der Waals surface area contributed by atoms with E-state index in [4.69, 9.17) is 4.74 Å². The number of H-pyrrole nitrogens is 1. The number of pyridine rings is 1. The van der Waals surface area contributed by atoms with Gasteiger partial charge in [-0.15, -0.1) is 0 Å². The highest BCUT2D eigenvalue weighted by molar-refractivity contribution is 7.13. The molecule has 1 aliphatic heterocycles. The van der Waals surface area contributed by atoms with E-state index < -0.39 is 5.69 Å². The van der Waals surface area contributed by atoms with Crippen molar-refractivity contribution >= 4 is 21.7 Å². The van der Waals surface area contributed by atoms with Crippen LogP contribution in [0.3, 0.4) is 0 Å². The molecule has 3 aromatic rings. The zero-order chi connectivity index (χ0) is 15.8. The SMILES string of the molecule is O=c1[nH]c2c(-c3ccccn3)nsc2c(=O)n1CC1CCCO1. The molecule has 1 N–H and O–H groups in total. The lowest BCUT2D eigenvalue weighted by Gasteiger charge is -2.10. The Bertz CT molecular complexity index is 954. The third-order valence-electron chi connectivity index (χ3n) is 3.93. The average Bonchev–Trinajstić information content (AvgIpc) is 3.22. The highest BCUT2D eigenvalue weighted by Crippen LogP contribution is 2.25. The van der Waals surface area contributed by atoms with Crippen LogP contribution in [0.4, 0.5) is 0 Å². The van der Waals surface area contributed by atoms with Gasteiger partial charge < -0.3 is 9.72 Å². The predicted molar refractivity (Wildman–Crippen MR) is 86.7 cm³/mol. The average molecular weight is 330 g/mol. The van der Waals surface area contributed by atoms with Gasteiger partial charge in [0.25, 0.3) is 5.56 Å². The van der Waals surface area contributed by atoms with Gasteiger partial charge in [0.15, 0.2) is 0 Å². The minimum absolute atomic E-state index is 0.0746. The van der Waals surface area contributed by atoms with E-state index in [1.54, 1.807) is 18.3 Å². The number of aromatic nitrogens is 4. The smallest absolute Gasteiger partial charge is 0.329 e. The molecule has 0 aliphatic carbocycles. The lowest BCUT2D eigenvalue weighted by Crippen LogP contribution is -2.37. The van der Waals surface area contributed by atoms with Crippen molar-refractivity contribution in [3.05, 3.63) is 45.2 Å². The highest BCUT2D eigenvalue weighted by atomic mass is 32.1. The van der Waals surface area contributed by atoms with Crippen LogP contribution in [0.25, 0.3) is 21.6 Å². The fraction of sp³-hybridized carbons (Fsp3) is 0.333. The lowest BCUT2D eigenvalue weighted by atomic mass is 10.2. The fourth-order valence-electron chi connectivity index (χ4n) is 2.78. The molecule has 1 unspecified atom stereocenters. The van der Waals surface area contributed by atoms with Crippen LogP contribution >= 0.6 is 11.5 Å². The first kappa shape index (κ1) is 14.3. The van der Waals surface area contributed by atoms with E-state index in [-0.39, 0.29) is 18.2 Å². The summed E-state index contributed by atoms with van der Waals surface area (Å²) in [4.78, 5) is 32.0. The minimum Gasteiger partial charge on any atom is -0.376 e. The molecule has 1 atom stereocenters. The largest absolute Gasteiger partial charge is 0.376 e. The summed E-state index contributed by atoms with van der Waals surface area (Å²) in [6.07, 6.45) is 3.40. The Kier molecular flexibility index (Phi) is 3.55. The van der Waals surface area contributed by atoms with Crippen LogP contribution in [0.5, 0.6) is 0 Å². The summed E-state index contributed by atoms with van der Waals surface area (Å²) in [5.41, 5.74) is 0.858. The highest BCUT2D eigenvalue weighted by Gasteiger charge is 2.21. The van der Waals surface area contributed by atoms with Crippen LogP contribution < -0.4 is 11.2 Å². The van der Waals surface area contributed by atoms with E-state index >= 15 is 0 Å². The molecule has 8 heteroatoms. The molecule has 7 nitrogen and oxygen atoms in total. The monoisotopic (exact) mass is 330 g/mol. The van der Waals surface area contributed by atoms with Crippen molar-refractivity contribution in [2.24, 2.45) is 0 Å². The number of nitrogens with one attached hydrogen (secondary N) is 1. The molecule has 0 aromatic carbocycles. The summed E-state index contributed by atoms with van der Waals surface area (Å²) in [6.45, 7) is 0.963. The zero-order valence-corrected chi connectivity index (χ0v) is 13.0. The Labute approximate surface area is 134 Å². The molecule has 0 bridgehead atoms. The van der Waals surface area contributed by atoms with Crippen molar-refractivity contribution in [3.63, 3.8) is 0 Å². The summed E-state index contributed by atoms with van der Waals surface area (Å²) >= 11 is 1.08. The molecular weight excluding hydrogens is 316 g/mol. The quantitative estimate of drug-likeness (QED) is 0.784. The molecule has 23 heavy (non-hydrogen) atoms. The van der Waals surface area contributed by atoms with E-state index in [9.17, 15) is 9.59 Å². The number of ether oxygens (including phenoxy) is 1. The number of nitrogens with zero attached hydrogens (tertiary/aromatic N) is 3. The lowest BCUT2D eigenvalue weighted by molar-refractivity contribution is 0.0952. The molecule has 118 valence electrons. The van der Waals surface area contributed by atoms with Crippen molar-refractivity contribution in [2.45, 2.75) is 25.5 Å². The van der Waals surface area contributed by atoms with Crippen LogP contribution in [0.1, 0.15) is 12.8 Å². The minimum atomic E-state index is -0.435. The summed E-state index contributed by atoms with van der Waals surface area (Å²) in [7, 11) is 0. The van der Waals surface area contributed by atoms with Gasteiger partial charge in [-0.1, -0.05) is 6.07 Å². The molecule has 0 spiro atoms. The molecule has 1 fully saturated rings. The maximum atomic E-state index is 12.6. The van der Waals surface area contributed by atoms with Crippen molar-refractivity contribution in [1.29, 1.82) is 0 Å². The van der Waals surface area contributed by atoms with E-state index in [1.807, 2.05) is 6.07 Å². The van der Waals surface area contributed by atoms with E-state index in [1.165, 1.54) is 4.57 Å². The van der Waals surface area contributed by atoms with Crippen LogP contribution in [-0.4, -0.2) is 31.6 Å². The summed E-state index contributed by atoms with van der Waals surface area (Å²) in [6, 6.07) is 5.43. The van der Waals surface area contributed by atoms with Gasteiger partial charge in [0.2, 0.25) is 0 Å². The normalized spacial score (nSPS) is 17.8. The second-order valence-electron chi connectivity index (χ2n) is 5.43. The molecule has 0 radical (unpaired) electrons. The number of hydrogen-bond donors (Lipinski definition) is 1. The molecule has 1 saturated heterocycles. The van der Waals surface area contributed by atoms with Gasteiger partial charge in [0.1, 0.15) is 10.4 Å². The van der Waals surface area contributed by atoms with Crippen LogP contribution in [0.2, 0.25) is 0 Å². The molecule has 4 heterocycles. The standard InChI is InChI=1S/C15H14N4O3S/c20-14-13-12(11(18-23-13)10-5-1-2-6-16-10)17-15(21)19(14)8-9-4-3-7-22-9/h1-2,5-6,9H,3-4,7-8H2,(H,17,21). The Morgan fingerprint density at radius 3 is 3.04 bits per heavy atom. The predicted octanol–water partition coefficient (Wildman–Crippen LogP) is 1.39. The molecular formula is C15H14N4O3S. The van der Waals surface area contributed by atoms with Crippen LogP contribution in [0.15, 0.2) is 34.0 Å². The zero-order valence-electron chi connectivity index (χ0n) is 12.2. The number of aromatic amines is 1. The van der Waals surface area contributed by atoms with Gasteiger partial charge in [-0.3, -0.25) is 14.3 Å². The Hall–Kier alpha value is -2.32. The Balaban J connectivity index is 1.84. The summed E-state index contributed by atoms with van der Waals surface area (Å²) < 4.78 is 11.5. The first-order valence-electron chi connectivity index (χ1n) is 7.39. The van der Waals surface area contributed by atoms with E-state index in [2.05, 4.69) is 14.3 Å². The van der Waals surface area contributed by atoms with Crippen molar-refractivity contribution in [1.82, 2.24) is 18.9 Å². The van der Waals surface area contributed by atoms with Gasteiger partial charge in [0, 0.05) is 12.8 Å². The molecule has 0 saturated carbocycles. The van der Waals surface area contributed by atoms with Gasteiger partial charge in [-0.25, -0.2) is 4.79 Å². The second-order valence-corrected chi connectivity index (χ2v) is 6.20. The number of hydrogen-bond acceptors (Lipinski definition) is 6. The van der Waals surface area contributed by atoms with Crippen molar-refractivity contribution < 1.29 is 4.74 Å². The van der Waals surface area contributed by atoms with E-state index in [0.29, 0.717) is 28.2 Å². The topological polar surface area (TPSA) is 89.9 Å². The van der Waals surface area contributed by atoms with Gasteiger partial charge in [-0.05, 0) is 36.5 Å². The molecule has 3 aromatic heterocycles. The third-order valence-corrected chi connectivity index (χ3v) is 4.76. The van der Waals surface area contributed by atoms with Crippen molar-refractivity contribution in [2.75, 3.05) is 6.61 Å². The van der Waals surface area contributed by atoms with Gasteiger partial charge in [-0.2, -0.15) is 4.37 Å². The maximum Gasteiger partial charge on any atom is 0.329 e. The Morgan fingerprint density at radius 2 is 2.30 bits per heavy atom. The maximum absolute atomic E-state index is 12.6. The van der Waals surface area contributed by atoms with Crippen molar-refractivity contribution in [3.8, 4) is 11.4 Å². The molecule has 4 rings (SSSR count). The van der Waals surface area contributed by atoms with Gasteiger partial charge >= 0.3 is 5.69 Å². The fourth-order valence-corrected chi connectivity index (χ4v) is 3.57. The first-order chi connectivity index (χ1) is 11.2. The summed E-state index contributed by atoms with van der Waals surface area (Å²) in [5.74, 6) is 0. The number of fused-ring (bicyclic) bond motifs is 1. The summed E-state index contributed by atoms with van der Waals surface area (Å²) in [5, 5.41) is 0. The molecule has 1 aliphatic rings. The van der Waals surface area contributed by atoms with Crippen LogP contribution in [0, 0.1) is 0 Å². The van der Waals surface area contributed by atoms with Gasteiger partial charge in [0.05, 0.1) is 23.9 Å².